The van der Waals surface area contributed by atoms with Crippen LogP contribution < -0.4 is 10.2 Å². The first-order chi connectivity index (χ1) is 8.58. The summed E-state index contributed by atoms with van der Waals surface area (Å²) in [7, 11) is 0. The minimum atomic E-state index is -2.70. The van der Waals surface area contributed by atoms with Crippen LogP contribution in [0.1, 0.15) is 18.7 Å². The Morgan fingerprint density at radius 1 is 1.44 bits per heavy atom. The van der Waals surface area contributed by atoms with Crippen LogP contribution in [0.4, 0.5) is 13.9 Å². The molecule has 0 saturated carbocycles. The molecule has 0 aliphatic rings. The number of nitrogens with zero attached hydrogens (tertiary/aromatic N) is 2. The second kappa shape index (κ2) is 7.60. The highest BCUT2D eigenvalue weighted by Gasteiger charge is 2.16. The van der Waals surface area contributed by atoms with Crippen molar-refractivity contribution in [3.05, 3.63) is 11.1 Å². The average molecular weight is 279 g/mol. The van der Waals surface area contributed by atoms with Crippen molar-refractivity contribution in [1.29, 1.82) is 0 Å². The van der Waals surface area contributed by atoms with Gasteiger partial charge in [0.2, 0.25) is 0 Å². The topological polar surface area (TPSA) is 48.4 Å². The summed E-state index contributed by atoms with van der Waals surface area (Å²) in [5.74, 6) is 0. The number of anilines is 1. The Labute approximate surface area is 110 Å². The quantitative estimate of drug-likeness (QED) is 0.760. The van der Waals surface area contributed by atoms with Crippen molar-refractivity contribution in [3.63, 3.8) is 0 Å². The van der Waals surface area contributed by atoms with Gasteiger partial charge in [0.25, 0.3) is 6.43 Å². The van der Waals surface area contributed by atoms with E-state index in [0.29, 0.717) is 6.54 Å². The number of hydrogen-bond donors (Lipinski definition) is 2. The van der Waals surface area contributed by atoms with E-state index in [4.69, 9.17) is 5.11 Å². The predicted octanol–water partition coefficient (Wildman–Crippen LogP) is 1.70. The van der Waals surface area contributed by atoms with E-state index in [1.165, 1.54) is 11.3 Å². The van der Waals surface area contributed by atoms with Crippen molar-refractivity contribution in [3.8, 4) is 0 Å². The summed E-state index contributed by atoms with van der Waals surface area (Å²) < 4.78 is 24.1. The lowest BCUT2D eigenvalue weighted by atomic mass is 10.3. The molecule has 7 heteroatoms. The van der Waals surface area contributed by atoms with Crippen LogP contribution in [0, 0.1) is 0 Å². The maximum Gasteiger partial charge on any atom is 0.265 e. The molecule has 1 aromatic heterocycles. The summed E-state index contributed by atoms with van der Waals surface area (Å²) in [4.78, 5) is 7.38. The molecule has 0 spiro atoms. The summed E-state index contributed by atoms with van der Waals surface area (Å²) in [5, 5.41) is 12.7. The van der Waals surface area contributed by atoms with Crippen LogP contribution in [0.25, 0.3) is 0 Å². The van der Waals surface area contributed by atoms with Gasteiger partial charge in [-0.3, -0.25) is 0 Å². The molecule has 0 amide bonds. The fraction of sp³-hybridized carbons (Fsp3) is 0.727. The molecule has 1 heterocycles. The van der Waals surface area contributed by atoms with Gasteiger partial charge in [-0.2, -0.15) is 0 Å². The highest BCUT2D eigenvalue weighted by Crippen LogP contribution is 2.21. The van der Waals surface area contributed by atoms with Crippen LogP contribution in [-0.4, -0.2) is 42.3 Å². The number of aromatic nitrogens is 1. The normalized spacial score (nSPS) is 13.0. The van der Waals surface area contributed by atoms with Gasteiger partial charge in [0.1, 0.15) is 6.10 Å². The van der Waals surface area contributed by atoms with E-state index >= 15 is 0 Å². The lowest BCUT2D eigenvalue weighted by Gasteiger charge is -2.16. The first-order valence-corrected chi connectivity index (χ1v) is 6.76. The molecule has 104 valence electrons. The number of hydrogen-bond acceptors (Lipinski definition) is 5. The molecule has 4 nitrogen and oxygen atoms in total. The minimum absolute atomic E-state index is 0.115. The second-order valence-electron chi connectivity index (χ2n) is 3.81. The van der Waals surface area contributed by atoms with Crippen molar-refractivity contribution < 1.29 is 13.9 Å². The number of nitrogens with one attached hydrogen (secondary N) is 1. The van der Waals surface area contributed by atoms with Gasteiger partial charge in [0.15, 0.2) is 5.13 Å². The zero-order valence-corrected chi connectivity index (χ0v) is 11.4. The van der Waals surface area contributed by atoms with Gasteiger partial charge in [0, 0.05) is 37.3 Å². The number of alkyl halides is 2. The highest BCUT2D eigenvalue weighted by atomic mass is 32.1. The van der Waals surface area contributed by atoms with Crippen LogP contribution in [-0.2, 0) is 6.54 Å². The van der Waals surface area contributed by atoms with Gasteiger partial charge in [-0.05, 0) is 13.8 Å². The van der Waals surface area contributed by atoms with E-state index in [2.05, 4.69) is 29.0 Å². The van der Waals surface area contributed by atoms with Gasteiger partial charge in [-0.25, -0.2) is 13.8 Å². The van der Waals surface area contributed by atoms with Crippen LogP contribution >= 0.6 is 11.3 Å². The molecule has 18 heavy (non-hydrogen) atoms. The van der Waals surface area contributed by atoms with Gasteiger partial charge in [0.05, 0.1) is 0 Å². The molecule has 1 atom stereocenters. The molecular weight excluding hydrogens is 260 g/mol. The van der Waals surface area contributed by atoms with Gasteiger partial charge >= 0.3 is 0 Å². The number of aliphatic hydroxyl groups is 1. The maximum atomic E-state index is 12.0. The van der Waals surface area contributed by atoms with Gasteiger partial charge < -0.3 is 15.3 Å². The van der Waals surface area contributed by atoms with Crippen molar-refractivity contribution in [2.45, 2.75) is 32.9 Å². The summed E-state index contributed by atoms with van der Waals surface area (Å²) in [6, 6.07) is 0. The first kappa shape index (κ1) is 15.3. The lowest BCUT2D eigenvalue weighted by Crippen LogP contribution is -2.31. The number of thiazole rings is 1. The third kappa shape index (κ3) is 4.47. The zero-order valence-electron chi connectivity index (χ0n) is 10.6. The molecular formula is C11H19F2N3OS. The van der Waals surface area contributed by atoms with E-state index in [1.807, 2.05) is 0 Å². The SMILES string of the molecule is CCN(CC)c1ncc(CNCC(O)C(F)F)s1. The zero-order chi connectivity index (χ0) is 13.5. The third-order valence-electron chi connectivity index (χ3n) is 2.52. The fourth-order valence-corrected chi connectivity index (χ4v) is 2.46. The average Bonchev–Trinajstić information content (AvgIpc) is 2.79. The first-order valence-electron chi connectivity index (χ1n) is 5.95. The molecule has 0 aromatic carbocycles. The maximum absolute atomic E-state index is 12.0. The molecule has 1 rings (SSSR count). The highest BCUT2D eigenvalue weighted by molar-refractivity contribution is 7.15. The van der Waals surface area contributed by atoms with E-state index in [0.717, 1.165) is 23.1 Å². The van der Waals surface area contributed by atoms with Gasteiger partial charge in [-0.1, -0.05) is 0 Å². The van der Waals surface area contributed by atoms with Crippen LogP contribution in [0.3, 0.4) is 0 Å². The smallest absolute Gasteiger partial charge is 0.265 e. The summed E-state index contributed by atoms with van der Waals surface area (Å²) in [5.41, 5.74) is 0. The van der Waals surface area contributed by atoms with Crippen LogP contribution in [0.2, 0.25) is 0 Å². The molecule has 0 bridgehead atoms. The molecule has 0 fully saturated rings. The third-order valence-corrected chi connectivity index (χ3v) is 3.58. The molecule has 2 N–H and O–H groups in total. The Balaban J connectivity index is 2.40. The largest absolute Gasteiger partial charge is 0.386 e. The summed E-state index contributed by atoms with van der Waals surface area (Å²) in [6.45, 7) is 6.23. The molecule has 0 aliphatic carbocycles. The van der Waals surface area contributed by atoms with Crippen LogP contribution in [0.15, 0.2) is 6.20 Å². The molecule has 1 aromatic rings. The number of aliphatic hydroxyl groups excluding tert-OH is 1. The van der Waals surface area contributed by atoms with Gasteiger partial charge in [-0.15, -0.1) is 11.3 Å². The second-order valence-corrected chi connectivity index (χ2v) is 4.91. The van der Waals surface area contributed by atoms with E-state index in [1.54, 1.807) is 6.20 Å². The Morgan fingerprint density at radius 2 is 2.11 bits per heavy atom. The number of halogens is 2. The fourth-order valence-electron chi connectivity index (χ4n) is 1.45. The van der Waals surface area contributed by atoms with Crippen molar-refractivity contribution >= 4 is 16.5 Å². The van der Waals surface area contributed by atoms with Crippen LogP contribution in [0.5, 0.6) is 0 Å². The number of rotatable bonds is 8. The standard InChI is InChI=1S/C11H19F2N3OS/c1-3-16(4-2)11-15-6-8(18-11)5-14-7-9(17)10(12)13/h6,9-10,14,17H,3-5,7H2,1-2H3. The molecule has 0 aliphatic heterocycles. The Kier molecular flexibility index (Phi) is 6.45. The molecule has 0 radical (unpaired) electrons. The summed E-state index contributed by atoms with van der Waals surface area (Å²) in [6.07, 6.45) is -2.58. The van der Waals surface area contributed by atoms with E-state index < -0.39 is 12.5 Å². The van der Waals surface area contributed by atoms with Crippen molar-refractivity contribution in [1.82, 2.24) is 10.3 Å². The molecule has 1 unspecified atom stereocenters. The van der Waals surface area contributed by atoms with E-state index in [-0.39, 0.29) is 6.54 Å². The lowest BCUT2D eigenvalue weighted by molar-refractivity contribution is -0.00337. The monoisotopic (exact) mass is 279 g/mol. The Bertz CT molecular complexity index is 345. The Morgan fingerprint density at radius 3 is 2.67 bits per heavy atom. The predicted molar refractivity (Wildman–Crippen MR) is 69.4 cm³/mol. The van der Waals surface area contributed by atoms with Crippen molar-refractivity contribution in [2.24, 2.45) is 0 Å². The summed E-state index contributed by atoms with van der Waals surface area (Å²) >= 11 is 1.53. The Hall–Kier alpha value is -0.790. The molecule has 0 saturated heterocycles. The minimum Gasteiger partial charge on any atom is -0.386 e. The van der Waals surface area contributed by atoms with E-state index in [9.17, 15) is 8.78 Å². The van der Waals surface area contributed by atoms with Crippen molar-refractivity contribution in [2.75, 3.05) is 24.5 Å².